The Morgan fingerprint density at radius 1 is 1.31 bits per heavy atom. The zero-order chi connectivity index (χ0) is 18.5. The Kier molecular flexibility index (Phi) is 4.01. The molecule has 0 aliphatic carbocycles. The second-order valence-corrected chi connectivity index (χ2v) is 9.11. The lowest BCUT2D eigenvalue weighted by atomic mass is 9.76. The van der Waals surface area contributed by atoms with Gasteiger partial charge in [0.05, 0.1) is 11.9 Å². The molecule has 4 rings (SSSR count). The van der Waals surface area contributed by atoms with Crippen LogP contribution in [-0.2, 0) is 10.0 Å². The van der Waals surface area contributed by atoms with Gasteiger partial charge in [0, 0.05) is 50.7 Å². The van der Waals surface area contributed by atoms with Crippen molar-refractivity contribution in [1.29, 1.82) is 0 Å². The van der Waals surface area contributed by atoms with E-state index in [9.17, 15) is 18.3 Å². The third-order valence-corrected chi connectivity index (χ3v) is 6.71. The Labute approximate surface area is 151 Å². The molecule has 2 aliphatic rings. The molecule has 2 fully saturated rings. The van der Waals surface area contributed by atoms with Gasteiger partial charge in [0.25, 0.3) is 5.91 Å². The molecule has 0 saturated carbocycles. The summed E-state index contributed by atoms with van der Waals surface area (Å²) in [7, 11) is -3.32. The van der Waals surface area contributed by atoms with Crippen LogP contribution in [0.5, 0.6) is 0 Å². The standard InChI is InChI=1S/C16H21N5O4S/c1-26(24,25)21-8-4-16(23)3-7-19(9-12(16)10-21)14(22)13-11-20-6-2-5-17-15(20)18-13/h2,5-6,11-12,23H,3-4,7-10H2,1H3/t12-,16-/m0/s1. The average molecular weight is 379 g/mol. The summed E-state index contributed by atoms with van der Waals surface area (Å²) in [5.41, 5.74) is -0.622. The van der Waals surface area contributed by atoms with Crippen LogP contribution in [0.25, 0.3) is 5.78 Å². The molecule has 0 spiro atoms. The van der Waals surface area contributed by atoms with Gasteiger partial charge in [-0.2, -0.15) is 0 Å². The maximum atomic E-state index is 12.8. The lowest BCUT2D eigenvalue weighted by molar-refractivity contribution is -0.0946. The van der Waals surface area contributed by atoms with Crippen LogP contribution in [0, 0.1) is 5.92 Å². The summed E-state index contributed by atoms with van der Waals surface area (Å²) in [4.78, 5) is 22.8. The number of carbonyl (C=O) groups excluding carboxylic acids is 1. The van der Waals surface area contributed by atoms with Crippen LogP contribution in [0.1, 0.15) is 23.3 Å². The number of aliphatic hydroxyl groups is 1. The molecule has 0 unspecified atom stereocenters. The molecule has 10 heteroatoms. The van der Waals surface area contributed by atoms with Crippen LogP contribution in [-0.4, -0.2) is 81.0 Å². The molecular formula is C16H21N5O4S. The number of fused-ring (bicyclic) bond motifs is 2. The number of sulfonamides is 1. The number of imidazole rings is 1. The summed E-state index contributed by atoms with van der Waals surface area (Å²) in [6, 6.07) is 1.76. The molecule has 2 saturated heterocycles. The van der Waals surface area contributed by atoms with E-state index in [1.54, 1.807) is 34.0 Å². The Morgan fingerprint density at radius 3 is 2.81 bits per heavy atom. The van der Waals surface area contributed by atoms with Crippen LogP contribution in [0.2, 0.25) is 0 Å². The van der Waals surface area contributed by atoms with E-state index in [1.807, 2.05) is 0 Å². The maximum absolute atomic E-state index is 12.8. The monoisotopic (exact) mass is 379 g/mol. The maximum Gasteiger partial charge on any atom is 0.274 e. The summed E-state index contributed by atoms with van der Waals surface area (Å²) in [6.45, 7) is 1.28. The lowest BCUT2D eigenvalue weighted by Crippen LogP contribution is -2.61. The topological polar surface area (TPSA) is 108 Å². The first kappa shape index (κ1) is 17.4. The minimum absolute atomic E-state index is 0.228. The first-order chi connectivity index (χ1) is 12.3. The molecule has 2 atom stereocenters. The van der Waals surface area contributed by atoms with Gasteiger partial charge in [0.15, 0.2) is 0 Å². The van der Waals surface area contributed by atoms with Crippen LogP contribution in [0.4, 0.5) is 0 Å². The second kappa shape index (κ2) is 6.00. The van der Waals surface area contributed by atoms with Crippen molar-refractivity contribution in [2.24, 2.45) is 5.92 Å². The predicted molar refractivity (Wildman–Crippen MR) is 93.0 cm³/mol. The fourth-order valence-electron chi connectivity index (χ4n) is 3.85. The third-order valence-electron chi connectivity index (χ3n) is 5.44. The highest BCUT2D eigenvalue weighted by Crippen LogP contribution is 2.36. The molecule has 2 aromatic heterocycles. The van der Waals surface area contributed by atoms with Gasteiger partial charge in [-0.1, -0.05) is 0 Å². The van der Waals surface area contributed by atoms with Crippen molar-refractivity contribution in [2.75, 3.05) is 32.4 Å². The summed E-state index contributed by atoms with van der Waals surface area (Å²) in [6.07, 6.45) is 7.02. The number of nitrogens with zero attached hydrogens (tertiary/aromatic N) is 5. The summed E-state index contributed by atoms with van der Waals surface area (Å²) >= 11 is 0. The molecule has 9 nitrogen and oxygen atoms in total. The first-order valence-corrected chi connectivity index (χ1v) is 10.4. The highest BCUT2D eigenvalue weighted by Gasteiger charge is 2.47. The van der Waals surface area contributed by atoms with Gasteiger partial charge in [-0.15, -0.1) is 0 Å². The number of likely N-dealkylation sites (tertiary alicyclic amines) is 1. The molecule has 1 N–H and O–H groups in total. The largest absolute Gasteiger partial charge is 0.389 e. The lowest BCUT2D eigenvalue weighted by Gasteiger charge is -2.49. The molecule has 2 aliphatic heterocycles. The predicted octanol–water partition coefficient (Wildman–Crippen LogP) is -0.412. The minimum Gasteiger partial charge on any atom is -0.389 e. The van der Waals surface area contributed by atoms with Crippen LogP contribution >= 0.6 is 0 Å². The van der Waals surface area contributed by atoms with Gasteiger partial charge in [-0.3, -0.25) is 9.20 Å². The summed E-state index contributed by atoms with van der Waals surface area (Å²) < 4.78 is 26.8. The van der Waals surface area contributed by atoms with Crippen LogP contribution in [0.3, 0.4) is 0 Å². The van der Waals surface area contributed by atoms with Gasteiger partial charge in [-0.25, -0.2) is 22.7 Å². The Bertz CT molecular complexity index is 925. The quantitative estimate of drug-likeness (QED) is 0.760. The number of amides is 1. The summed E-state index contributed by atoms with van der Waals surface area (Å²) in [5, 5.41) is 10.9. The normalized spacial score (nSPS) is 27.5. The fraction of sp³-hybridized carbons (Fsp3) is 0.562. The van der Waals surface area contributed by atoms with E-state index in [2.05, 4.69) is 9.97 Å². The van der Waals surface area contributed by atoms with Crippen molar-refractivity contribution in [1.82, 2.24) is 23.6 Å². The number of aromatic nitrogens is 3. The van der Waals surface area contributed by atoms with E-state index >= 15 is 0 Å². The number of hydrogen-bond acceptors (Lipinski definition) is 6. The molecule has 0 aromatic carbocycles. The third kappa shape index (κ3) is 2.97. The van der Waals surface area contributed by atoms with Crippen molar-refractivity contribution in [3.8, 4) is 0 Å². The van der Waals surface area contributed by atoms with E-state index in [-0.39, 0.29) is 18.4 Å². The number of carbonyl (C=O) groups is 1. The summed E-state index contributed by atoms with van der Waals surface area (Å²) in [5.74, 6) is -0.0851. The Balaban J connectivity index is 1.54. The van der Waals surface area contributed by atoms with Crippen LogP contribution < -0.4 is 0 Å². The highest BCUT2D eigenvalue weighted by atomic mass is 32.2. The van der Waals surface area contributed by atoms with Crippen molar-refractivity contribution >= 4 is 21.7 Å². The zero-order valence-corrected chi connectivity index (χ0v) is 15.3. The van der Waals surface area contributed by atoms with Gasteiger partial charge in [0.2, 0.25) is 15.8 Å². The Morgan fingerprint density at radius 2 is 2.08 bits per heavy atom. The minimum atomic E-state index is -3.32. The molecule has 140 valence electrons. The smallest absolute Gasteiger partial charge is 0.274 e. The van der Waals surface area contributed by atoms with Crippen LogP contribution in [0.15, 0.2) is 24.7 Å². The zero-order valence-electron chi connectivity index (χ0n) is 14.4. The molecule has 1 amide bonds. The number of piperidine rings is 2. The number of rotatable bonds is 2. The SMILES string of the molecule is CS(=O)(=O)N1CC[C@@]2(O)CCN(C(=O)c3cn4cccnc4n3)C[C@H]2C1. The van der Waals surface area contributed by atoms with Gasteiger partial charge in [-0.05, 0) is 18.9 Å². The molecular weight excluding hydrogens is 358 g/mol. The second-order valence-electron chi connectivity index (χ2n) is 7.13. The van der Waals surface area contributed by atoms with Gasteiger partial charge < -0.3 is 10.0 Å². The molecule has 26 heavy (non-hydrogen) atoms. The molecule has 0 radical (unpaired) electrons. The average Bonchev–Trinajstić information content (AvgIpc) is 3.03. The van der Waals surface area contributed by atoms with E-state index in [0.717, 1.165) is 0 Å². The van der Waals surface area contributed by atoms with E-state index < -0.39 is 15.6 Å². The van der Waals surface area contributed by atoms with Crippen molar-refractivity contribution < 1.29 is 18.3 Å². The van der Waals surface area contributed by atoms with Crippen molar-refractivity contribution in [2.45, 2.75) is 18.4 Å². The van der Waals surface area contributed by atoms with Crippen molar-refractivity contribution in [3.63, 3.8) is 0 Å². The van der Waals surface area contributed by atoms with E-state index in [4.69, 9.17) is 0 Å². The van der Waals surface area contributed by atoms with Gasteiger partial charge in [0.1, 0.15) is 5.69 Å². The van der Waals surface area contributed by atoms with E-state index in [0.29, 0.717) is 43.9 Å². The molecule has 2 aromatic rings. The first-order valence-electron chi connectivity index (χ1n) is 8.53. The van der Waals surface area contributed by atoms with E-state index in [1.165, 1.54) is 10.6 Å². The fourth-order valence-corrected chi connectivity index (χ4v) is 4.73. The highest BCUT2D eigenvalue weighted by molar-refractivity contribution is 7.88. The van der Waals surface area contributed by atoms with Gasteiger partial charge >= 0.3 is 0 Å². The Hall–Kier alpha value is -2.04. The number of hydrogen-bond donors (Lipinski definition) is 1. The molecule has 4 heterocycles. The molecule has 0 bridgehead atoms. The van der Waals surface area contributed by atoms with Crippen molar-refractivity contribution in [3.05, 3.63) is 30.4 Å².